The van der Waals surface area contributed by atoms with Crippen LogP contribution < -0.4 is 0 Å². The summed E-state index contributed by atoms with van der Waals surface area (Å²) in [7, 11) is 0. The smallest absolute Gasteiger partial charge is 0.317 e. The number of carboxylic acids is 1. The van der Waals surface area contributed by atoms with E-state index in [0.29, 0.717) is 17.0 Å². The van der Waals surface area contributed by atoms with Crippen molar-refractivity contribution in [3.05, 3.63) is 59.8 Å². The van der Waals surface area contributed by atoms with E-state index in [1.807, 2.05) is 36.4 Å². The standard InChI is InChI=1S/C15H12N2O2S/c16-10-12-6-7-17-14(9-12)20-13(15(18)19)8-11-4-2-1-3-5-11/h1-7,9,13H,8H2,(H,18,19). The molecular formula is C15H12N2O2S. The van der Waals surface area contributed by atoms with E-state index in [9.17, 15) is 9.90 Å². The Balaban J connectivity index is 2.14. The predicted molar refractivity (Wildman–Crippen MR) is 76.4 cm³/mol. The highest BCUT2D eigenvalue weighted by atomic mass is 32.2. The van der Waals surface area contributed by atoms with Crippen molar-refractivity contribution in [2.75, 3.05) is 0 Å². The van der Waals surface area contributed by atoms with Gasteiger partial charge in [-0.2, -0.15) is 5.26 Å². The van der Waals surface area contributed by atoms with Crippen molar-refractivity contribution in [2.45, 2.75) is 16.7 Å². The summed E-state index contributed by atoms with van der Waals surface area (Å²) in [4.78, 5) is 15.4. The zero-order valence-corrected chi connectivity index (χ0v) is 11.4. The molecule has 0 radical (unpaired) electrons. The minimum Gasteiger partial charge on any atom is -0.480 e. The molecule has 0 saturated heterocycles. The summed E-state index contributed by atoms with van der Waals surface area (Å²) in [6, 6.07) is 14.7. The van der Waals surface area contributed by atoms with Gasteiger partial charge < -0.3 is 5.11 Å². The third-order valence-electron chi connectivity index (χ3n) is 2.67. The Morgan fingerprint density at radius 2 is 2.10 bits per heavy atom. The number of rotatable bonds is 5. The van der Waals surface area contributed by atoms with Crippen LogP contribution in [0.4, 0.5) is 0 Å². The van der Waals surface area contributed by atoms with Gasteiger partial charge in [0.2, 0.25) is 0 Å². The highest BCUT2D eigenvalue weighted by Gasteiger charge is 2.20. The van der Waals surface area contributed by atoms with Gasteiger partial charge in [-0.1, -0.05) is 42.1 Å². The zero-order valence-electron chi connectivity index (χ0n) is 10.6. The number of aromatic nitrogens is 1. The van der Waals surface area contributed by atoms with E-state index in [2.05, 4.69) is 4.98 Å². The van der Waals surface area contributed by atoms with E-state index in [-0.39, 0.29) is 0 Å². The Labute approximate surface area is 121 Å². The van der Waals surface area contributed by atoms with E-state index < -0.39 is 11.2 Å². The summed E-state index contributed by atoms with van der Waals surface area (Å²) in [5, 5.41) is 18.1. The number of carboxylic acid groups (broad SMARTS) is 1. The van der Waals surface area contributed by atoms with Gasteiger partial charge in [0.15, 0.2) is 0 Å². The summed E-state index contributed by atoms with van der Waals surface area (Å²) in [5.41, 5.74) is 1.44. The molecule has 1 aromatic heterocycles. The zero-order chi connectivity index (χ0) is 14.4. The third-order valence-corrected chi connectivity index (χ3v) is 3.78. The predicted octanol–water partition coefficient (Wildman–Crippen LogP) is 2.74. The van der Waals surface area contributed by atoms with Crippen molar-refractivity contribution >= 4 is 17.7 Å². The molecule has 0 bridgehead atoms. The first kappa shape index (κ1) is 14.1. The fraction of sp³-hybridized carbons (Fsp3) is 0.133. The van der Waals surface area contributed by atoms with Crippen LogP contribution >= 0.6 is 11.8 Å². The highest BCUT2D eigenvalue weighted by Crippen LogP contribution is 2.25. The summed E-state index contributed by atoms with van der Waals surface area (Å²) in [5.74, 6) is -0.886. The molecule has 1 heterocycles. The molecule has 0 saturated carbocycles. The molecule has 0 aliphatic carbocycles. The van der Waals surface area contributed by atoms with Crippen molar-refractivity contribution in [3.63, 3.8) is 0 Å². The first-order valence-electron chi connectivity index (χ1n) is 5.98. The Kier molecular flexibility index (Phi) is 4.75. The van der Waals surface area contributed by atoms with Gasteiger partial charge in [-0.3, -0.25) is 4.79 Å². The maximum absolute atomic E-state index is 11.3. The van der Waals surface area contributed by atoms with Crippen molar-refractivity contribution in [1.29, 1.82) is 5.26 Å². The lowest BCUT2D eigenvalue weighted by Crippen LogP contribution is -2.19. The van der Waals surface area contributed by atoms with E-state index in [0.717, 1.165) is 17.3 Å². The molecule has 1 atom stereocenters. The molecule has 4 nitrogen and oxygen atoms in total. The van der Waals surface area contributed by atoms with Gasteiger partial charge >= 0.3 is 5.97 Å². The summed E-state index contributed by atoms with van der Waals surface area (Å²) >= 11 is 1.16. The quantitative estimate of drug-likeness (QED) is 0.854. The number of hydrogen-bond acceptors (Lipinski definition) is 4. The largest absolute Gasteiger partial charge is 0.480 e. The first-order chi connectivity index (χ1) is 9.69. The van der Waals surface area contributed by atoms with Gasteiger partial charge in [0, 0.05) is 6.20 Å². The van der Waals surface area contributed by atoms with Gasteiger partial charge in [-0.25, -0.2) is 4.98 Å². The topological polar surface area (TPSA) is 74.0 Å². The fourth-order valence-electron chi connectivity index (χ4n) is 1.70. The van der Waals surface area contributed by atoms with Crippen LogP contribution in [0.3, 0.4) is 0 Å². The summed E-state index contributed by atoms with van der Waals surface area (Å²) < 4.78 is 0. The molecule has 1 aromatic carbocycles. The SMILES string of the molecule is N#Cc1ccnc(SC(Cc2ccccc2)C(=O)O)c1. The molecule has 1 unspecified atom stereocenters. The van der Waals surface area contributed by atoms with Gasteiger partial charge in [0.1, 0.15) is 5.25 Å². The number of aliphatic carboxylic acids is 1. The molecule has 2 rings (SSSR count). The number of carbonyl (C=O) groups is 1. The second-order valence-corrected chi connectivity index (χ2v) is 5.35. The Hall–Kier alpha value is -2.32. The highest BCUT2D eigenvalue weighted by molar-refractivity contribution is 8.00. The second kappa shape index (κ2) is 6.73. The van der Waals surface area contributed by atoms with E-state index in [4.69, 9.17) is 5.26 Å². The Bertz CT molecular complexity index is 638. The number of thioether (sulfide) groups is 1. The van der Waals surface area contributed by atoms with Crippen molar-refractivity contribution in [3.8, 4) is 6.07 Å². The fourth-order valence-corrected chi connectivity index (χ4v) is 2.68. The second-order valence-electron chi connectivity index (χ2n) is 4.13. The van der Waals surface area contributed by atoms with E-state index in [1.54, 1.807) is 12.1 Å². The van der Waals surface area contributed by atoms with Crippen LogP contribution in [0.1, 0.15) is 11.1 Å². The van der Waals surface area contributed by atoms with Gasteiger partial charge in [-0.15, -0.1) is 0 Å². The molecule has 2 aromatic rings. The molecule has 0 aliphatic heterocycles. The molecular weight excluding hydrogens is 272 g/mol. The maximum atomic E-state index is 11.3. The Morgan fingerprint density at radius 3 is 2.75 bits per heavy atom. The number of nitriles is 1. The molecule has 100 valence electrons. The third kappa shape index (κ3) is 3.84. The molecule has 0 fully saturated rings. The van der Waals surface area contributed by atoms with Crippen molar-refractivity contribution in [1.82, 2.24) is 4.98 Å². The lowest BCUT2D eigenvalue weighted by Gasteiger charge is -2.11. The van der Waals surface area contributed by atoms with Crippen LogP contribution in [0, 0.1) is 11.3 Å². The summed E-state index contributed by atoms with van der Waals surface area (Å²) in [6.45, 7) is 0. The molecule has 0 aliphatic rings. The van der Waals surface area contributed by atoms with Crippen LogP contribution in [-0.2, 0) is 11.2 Å². The normalized spacial score (nSPS) is 11.6. The average molecular weight is 284 g/mol. The van der Waals surface area contributed by atoms with E-state index >= 15 is 0 Å². The van der Waals surface area contributed by atoms with Crippen molar-refractivity contribution in [2.24, 2.45) is 0 Å². The number of hydrogen-bond donors (Lipinski definition) is 1. The maximum Gasteiger partial charge on any atom is 0.317 e. The Morgan fingerprint density at radius 1 is 1.35 bits per heavy atom. The monoisotopic (exact) mass is 284 g/mol. The molecule has 20 heavy (non-hydrogen) atoms. The average Bonchev–Trinajstić information content (AvgIpc) is 2.48. The van der Waals surface area contributed by atoms with Crippen LogP contribution in [0.2, 0.25) is 0 Å². The van der Waals surface area contributed by atoms with Crippen molar-refractivity contribution < 1.29 is 9.90 Å². The van der Waals surface area contributed by atoms with Gasteiger partial charge in [-0.05, 0) is 24.1 Å². The van der Waals surface area contributed by atoms with Crippen LogP contribution in [0.25, 0.3) is 0 Å². The minimum absolute atomic E-state index is 0.416. The lowest BCUT2D eigenvalue weighted by molar-refractivity contribution is -0.136. The summed E-state index contributed by atoms with van der Waals surface area (Å²) in [6.07, 6.45) is 1.93. The van der Waals surface area contributed by atoms with E-state index in [1.165, 1.54) is 6.20 Å². The minimum atomic E-state index is -0.886. The molecule has 5 heteroatoms. The van der Waals surface area contributed by atoms with Crippen LogP contribution in [0.15, 0.2) is 53.7 Å². The molecule has 1 N–H and O–H groups in total. The number of benzene rings is 1. The number of pyridine rings is 1. The number of nitrogens with zero attached hydrogens (tertiary/aromatic N) is 2. The van der Waals surface area contributed by atoms with Gasteiger partial charge in [0.25, 0.3) is 0 Å². The first-order valence-corrected chi connectivity index (χ1v) is 6.86. The van der Waals surface area contributed by atoms with Crippen LogP contribution in [-0.4, -0.2) is 21.3 Å². The van der Waals surface area contributed by atoms with Gasteiger partial charge in [0.05, 0.1) is 16.7 Å². The molecule has 0 spiro atoms. The van der Waals surface area contributed by atoms with Crippen LogP contribution in [0.5, 0.6) is 0 Å². The molecule has 0 amide bonds. The lowest BCUT2D eigenvalue weighted by atomic mass is 10.1.